The number of methoxy groups -OCH3 is 1. The molecule has 0 aliphatic carbocycles. The van der Waals surface area contributed by atoms with E-state index in [4.69, 9.17) is 21.6 Å². The number of aryl methyl sites for hydroxylation is 1. The van der Waals surface area contributed by atoms with Crippen LogP contribution >= 0.6 is 11.6 Å². The molecule has 4 rings (SSSR count). The van der Waals surface area contributed by atoms with Crippen molar-refractivity contribution < 1.29 is 9.84 Å². The molecule has 0 radical (unpaired) electrons. The fraction of sp³-hybridized carbons (Fsp3) is 0.111. The Morgan fingerprint density at radius 1 is 1.09 bits per heavy atom. The van der Waals surface area contributed by atoms with Crippen molar-refractivity contribution in [2.24, 2.45) is 7.05 Å². The summed E-state index contributed by atoms with van der Waals surface area (Å²) in [6.45, 7) is 0. The minimum atomic E-state index is -1.65. The van der Waals surface area contributed by atoms with Crippen molar-refractivity contribution in [3.8, 4) is 34.8 Å². The first-order valence-electron chi connectivity index (χ1n) is 10.1. The zero-order valence-electron chi connectivity index (χ0n) is 18.1. The number of ether oxygens (including phenoxy) is 1. The molecular weight excluding hydrogens is 434 g/mol. The van der Waals surface area contributed by atoms with Crippen LogP contribution in [0.25, 0.3) is 11.1 Å². The molecule has 33 heavy (non-hydrogen) atoms. The number of hydrogen-bond acceptors (Lipinski definition) is 4. The Morgan fingerprint density at radius 3 is 2.55 bits per heavy atom. The second kappa shape index (κ2) is 9.22. The number of hydrogen-bond donors (Lipinski definition) is 1. The predicted octanol–water partition coefficient (Wildman–Crippen LogP) is 4.91. The fourth-order valence-electron chi connectivity index (χ4n) is 3.59. The van der Waals surface area contributed by atoms with E-state index in [-0.39, 0.29) is 0 Å². The quantitative estimate of drug-likeness (QED) is 0.446. The number of rotatable bonds is 4. The van der Waals surface area contributed by atoms with Gasteiger partial charge in [0.1, 0.15) is 5.75 Å². The van der Waals surface area contributed by atoms with E-state index in [1.54, 1.807) is 61.6 Å². The molecule has 4 aromatic rings. The summed E-state index contributed by atoms with van der Waals surface area (Å²) in [4.78, 5) is 4.15. The van der Waals surface area contributed by atoms with E-state index in [0.29, 0.717) is 27.4 Å². The summed E-state index contributed by atoms with van der Waals surface area (Å²) in [5.41, 5.74) is 2.31. The largest absolute Gasteiger partial charge is 0.497 e. The Labute approximate surface area is 197 Å². The van der Waals surface area contributed by atoms with Crippen molar-refractivity contribution >= 4 is 11.6 Å². The Kier molecular flexibility index (Phi) is 6.20. The van der Waals surface area contributed by atoms with Crippen molar-refractivity contribution in [1.29, 1.82) is 5.26 Å². The van der Waals surface area contributed by atoms with E-state index >= 15 is 0 Å². The third-order valence-corrected chi connectivity index (χ3v) is 5.59. The summed E-state index contributed by atoms with van der Waals surface area (Å²) in [6, 6.07) is 21.9. The SMILES string of the molecule is COc1cccc(-c2cc(Cl)ccc2C#CC(O)(c2ccc(C#N)cc2)c2cncn2C)c1. The third kappa shape index (κ3) is 4.47. The average Bonchev–Trinajstić information content (AvgIpc) is 3.29. The number of benzene rings is 3. The van der Waals surface area contributed by atoms with Gasteiger partial charge in [0.25, 0.3) is 0 Å². The second-order valence-electron chi connectivity index (χ2n) is 7.46. The van der Waals surface area contributed by atoms with E-state index < -0.39 is 5.60 Å². The molecule has 162 valence electrons. The lowest BCUT2D eigenvalue weighted by Crippen LogP contribution is -2.28. The van der Waals surface area contributed by atoms with Gasteiger partial charge >= 0.3 is 0 Å². The van der Waals surface area contributed by atoms with Crippen molar-refractivity contribution in [3.05, 3.63) is 107 Å². The van der Waals surface area contributed by atoms with Gasteiger partial charge in [0.15, 0.2) is 5.60 Å². The summed E-state index contributed by atoms with van der Waals surface area (Å²) in [5, 5.41) is 21.5. The Hall–Kier alpha value is -4.03. The van der Waals surface area contributed by atoms with Crippen LogP contribution in [0.4, 0.5) is 0 Å². The number of aromatic nitrogens is 2. The van der Waals surface area contributed by atoms with Crippen LogP contribution in [0.15, 0.2) is 79.3 Å². The van der Waals surface area contributed by atoms with Crippen LogP contribution in [-0.2, 0) is 12.6 Å². The Bertz CT molecular complexity index is 1410. The van der Waals surface area contributed by atoms with Gasteiger partial charge in [-0.15, -0.1) is 0 Å². The highest BCUT2D eigenvalue weighted by Crippen LogP contribution is 2.32. The average molecular weight is 454 g/mol. The minimum Gasteiger partial charge on any atom is -0.497 e. The van der Waals surface area contributed by atoms with Crippen molar-refractivity contribution in [1.82, 2.24) is 9.55 Å². The molecule has 0 amide bonds. The summed E-state index contributed by atoms with van der Waals surface area (Å²) in [5.74, 6) is 6.93. The molecule has 0 spiro atoms. The topological polar surface area (TPSA) is 71.1 Å². The van der Waals surface area contributed by atoms with Gasteiger partial charge in [0.05, 0.1) is 37.0 Å². The highest BCUT2D eigenvalue weighted by atomic mass is 35.5. The van der Waals surface area contributed by atoms with E-state index in [1.807, 2.05) is 36.4 Å². The molecule has 1 aromatic heterocycles. The third-order valence-electron chi connectivity index (χ3n) is 5.36. The van der Waals surface area contributed by atoms with Gasteiger partial charge in [-0.3, -0.25) is 0 Å². The van der Waals surface area contributed by atoms with Gasteiger partial charge in [0, 0.05) is 23.2 Å². The first kappa shape index (κ1) is 22.2. The molecule has 0 fully saturated rings. The van der Waals surface area contributed by atoms with Crippen LogP contribution in [0.5, 0.6) is 5.75 Å². The van der Waals surface area contributed by atoms with Crippen LogP contribution < -0.4 is 4.74 Å². The first-order valence-corrected chi connectivity index (χ1v) is 10.5. The molecule has 0 aliphatic heterocycles. The lowest BCUT2D eigenvalue weighted by Gasteiger charge is -2.23. The molecule has 1 unspecified atom stereocenters. The lowest BCUT2D eigenvalue weighted by molar-refractivity contribution is 0.137. The minimum absolute atomic E-state index is 0.497. The zero-order chi connectivity index (χ0) is 23.4. The van der Waals surface area contributed by atoms with Crippen LogP contribution in [0.1, 0.15) is 22.4 Å². The highest BCUT2D eigenvalue weighted by molar-refractivity contribution is 6.30. The van der Waals surface area contributed by atoms with Crippen LogP contribution in [-0.4, -0.2) is 21.8 Å². The van der Waals surface area contributed by atoms with Gasteiger partial charge in [-0.25, -0.2) is 4.98 Å². The van der Waals surface area contributed by atoms with Crippen LogP contribution in [0.3, 0.4) is 0 Å². The highest BCUT2D eigenvalue weighted by Gasteiger charge is 2.32. The number of aliphatic hydroxyl groups is 1. The summed E-state index contributed by atoms with van der Waals surface area (Å²) in [6.07, 6.45) is 3.19. The maximum Gasteiger partial charge on any atom is 0.193 e. The smallest absolute Gasteiger partial charge is 0.193 e. The summed E-state index contributed by atoms with van der Waals surface area (Å²) in [7, 11) is 3.41. The van der Waals surface area contributed by atoms with Gasteiger partial charge in [0.2, 0.25) is 0 Å². The standard InChI is InChI=1S/C27H20ClN3O2/c1-31-18-30-17-26(31)27(32,22-9-6-19(16-29)7-10-22)13-12-20-8-11-23(28)15-25(20)21-4-3-5-24(14-21)33-2/h3-11,14-15,17-18,32H,1-2H3. The molecule has 1 atom stereocenters. The van der Waals surface area contributed by atoms with E-state index in [0.717, 1.165) is 16.9 Å². The van der Waals surface area contributed by atoms with E-state index in [9.17, 15) is 5.11 Å². The van der Waals surface area contributed by atoms with Crippen molar-refractivity contribution in [2.45, 2.75) is 5.60 Å². The maximum absolute atomic E-state index is 11.8. The van der Waals surface area contributed by atoms with Crippen molar-refractivity contribution in [3.63, 3.8) is 0 Å². The predicted molar refractivity (Wildman–Crippen MR) is 128 cm³/mol. The number of nitrogens with zero attached hydrogens (tertiary/aromatic N) is 3. The van der Waals surface area contributed by atoms with E-state index in [1.165, 1.54) is 0 Å². The van der Waals surface area contributed by atoms with Gasteiger partial charge in [-0.2, -0.15) is 5.26 Å². The normalized spacial score (nSPS) is 12.2. The lowest BCUT2D eigenvalue weighted by atomic mass is 9.89. The molecule has 0 saturated heterocycles. The molecule has 0 aliphatic rings. The Morgan fingerprint density at radius 2 is 1.88 bits per heavy atom. The second-order valence-corrected chi connectivity index (χ2v) is 7.90. The molecule has 0 saturated carbocycles. The van der Waals surface area contributed by atoms with Gasteiger partial charge in [-0.1, -0.05) is 47.7 Å². The first-order chi connectivity index (χ1) is 15.9. The molecule has 0 bridgehead atoms. The molecule has 1 N–H and O–H groups in total. The zero-order valence-corrected chi connectivity index (χ0v) is 18.8. The van der Waals surface area contributed by atoms with Crippen molar-refractivity contribution in [2.75, 3.05) is 7.11 Å². The molecule has 1 heterocycles. The fourth-order valence-corrected chi connectivity index (χ4v) is 3.76. The molecule has 6 heteroatoms. The summed E-state index contributed by atoms with van der Waals surface area (Å²) < 4.78 is 7.08. The summed E-state index contributed by atoms with van der Waals surface area (Å²) >= 11 is 6.29. The van der Waals surface area contributed by atoms with Gasteiger partial charge < -0.3 is 14.4 Å². The monoisotopic (exact) mass is 453 g/mol. The van der Waals surface area contributed by atoms with Gasteiger partial charge in [-0.05, 0) is 53.6 Å². The van der Waals surface area contributed by atoms with Crippen LogP contribution in [0, 0.1) is 23.2 Å². The Balaban J connectivity index is 1.87. The molecular formula is C27H20ClN3O2. The molecule has 3 aromatic carbocycles. The maximum atomic E-state index is 11.8. The van der Waals surface area contributed by atoms with E-state index in [2.05, 4.69) is 22.9 Å². The number of halogens is 1. The number of imidazole rings is 1. The molecule has 5 nitrogen and oxygen atoms in total. The number of nitriles is 1. The van der Waals surface area contributed by atoms with Crippen LogP contribution in [0.2, 0.25) is 5.02 Å².